The number of nitrogens with one attached hydrogen (secondary N) is 2. The minimum absolute atomic E-state index is 0.0361. The molecular formula is C14H26N4O. The van der Waals surface area contributed by atoms with Gasteiger partial charge >= 0.3 is 0 Å². The van der Waals surface area contributed by atoms with Crippen LogP contribution in [0.1, 0.15) is 33.1 Å². The van der Waals surface area contributed by atoms with Crippen molar-refractivity contribution >= 4 is 5.91 Å². The largest absolute Gasteiger partial charge is 0.354 e. The number of piperidine rings is 1. The topological polar surface area (TPSA) is 68.2 Å². The van der Waals surface area contributed by atoms with Crippen LogP contribution >= 0.6 is 0 Å². The van der Waals surface area contributed by atoms with Crippen LogP contribution in [0.3, 0.4) is 0 Å². The van der Waals surface area contributed by atoms with Crippen molar-refractivity contribution in [1.29, 1.82) is 5.26 Å². The lowest BCUT2D eigenvalue weighted by atomic mass is 9.96. The summed E-state index contributed by atoms with van der Waals surface area (Å²) >= 11 is 0. The van der Waals surface area contributed by atoms with Crippen molar-refractivity contribution in [3.8, 4) is 6.07 Å². The van der Waals surface area contributed by atoms with Crippen LogP contribution in [0.25, 0.3) is 0 Å². The summed E-state index contributed by atoms with van der Waals surface area (Å²) in [5, 5.41) is 14.6. The van der Waals surface area contributed by atoms with Gasteiger partial charge in [-0.15, -0.1) is 0 Å². The van der Waals surface area contributed by atoms with E-state index < -0.39 is 0 Å². The highest BCUT2D eigenvalue weighted by atomic mass is 16.2. The zero-order chi connectivity index (χ0) is 14.1. The molecule has 0 radical (unpaired) electrons. The molecule has 2 N–H and O–H groups in total. The lowest BCUT2D eigenvalue weighted by Crippen LogP contribution is -2.43. The van der Waals surface area contributed by atoms with Crippen molar-refractivity contribution in [3.05, 3.63) is 0 Å². The number of nitriles is 1. The average molecular weight is 266 g/mol. The number of carbonyl (C=O) groups is 1. The maximum atomic E-state index is 11.6. The fraction of sp³-hybridized carbons (Fsp3) is 0.857. The summed E-state index contributed by atoms with van der Waals surface area (Å²) < 4.78 is 0. The number of rotatable bonds is 7. The molecule has 0 atom stereocenters. The Balaban J connectivity index is 2.12. The molecule has 0 saturated carbocycles. The third kappa shape index (κ3) is 7.14. The molecule has 1 aliphatic rings. The highest BCUT2D eigenvalue weighted by Gasteiger charge is 2.20. The first-order valence-electron chi connectivity index (χ1n) is 7.21. The lowest BCUT2D eigenvalue weighted by Gasteiger charge is -2.31. The summed E-state index contributed by atoms with van der Waals surface area (Å²) in [5.74, 6) is 0.773. The van der Waals surface area contributed by atoms with Crippen LogP contribution in [0.5, 0.6) is 0 Å². The first kappa shape index (κ1) is 15.9. The van der Waals surface area contributed by atoms with Crippen molar-refractivity contribution < 1.29 is 4.79 Å². The number of carbonyl (C=O) groups excluding carboxylic acids is 1. The van der Waals surface area contributed by atoms with E-state index in [1.165, 1.54) is 0 Å². The molecule has 108 valence electrons. The predicted molar refractivity (Wildman–Crippen MR) is 75.5 cm³/mol. The molecule has 5 heteroatoms. The van der Waals surface area contributed by atoms with Crippen LogP contribution in [0.15, 0.2) is 0 Å². The molecule has 0 aromatic rings. The van der Waals surface area contributed by atoms with Gasteiger partial charge in [-0.25, -0.2) is 0 Å². The normalized spacial score (nSPS) is 17.4. The van der Waals surface area contributed by atoms with E-state index in [0.29, 0.717) is 25.6 Å². The fourth-order valence-electron chi connectivity index (χ4n) is 2.27. The molecule has 1 rings (SSSR count). The van der Waals surface area contributed by atoms with Crippen LogP contribution < -0.4 is 10.6 Å². The van der Waals surface area contributed by atoms with Gasteiger partial charge in [-0.1, -0.05) is 13.8 Å². The van der Waals surface area contributed by atoms with Crippen LogP contribution in [0.4, 0.5) is 0 Å². The summed E-state index contributed by atoms with van der Waals surface area (Å²) in [6.45, 7) is 8.34. The fourth-order valence-corrected chi connectivity index (χ4v) is 2.27. The van der Waals surface area contributed by atoms with Gasteiger partial charge < -0.3 is 10.6 Å². The summed E-state index contributed by atoms with van der Waals surface area (Å²) in [6.07, 6.45) is 2.70. The summed E-state index contributed by atoms with van der Waals surface area (Å²) in [6, 6.07) is 2.57. The zero-order valence-electron chi connectivity index (χ0n) is 12.1. The van der Waals surface area contributed by atoms with E-state index in [1.54, 1.807) is 0 Å². The Bertz CT molecular complexity index is 303. The number of nitrogens with zero attached hydrogens (tertiary/aromatic N) is 2. The maximum Gasteiger partial charge on any atom is 0.234 e. The molecule has 1 saturated heterocycles. The number of hydrogen-bond donors (Lipinski definition) is 2. The smallest absolute Gasteiger partial charge is 0.234 e. The third-order valence-corrected chi connectivity index (χ3v) is 3.45. The van der Waals surface area contributed by atoms with Crippen LogP contribution in [-0.4, -0.2) is 49.6 Å². The maximum absolute atomic E-state index is 11.6. The summed E-state index contributed by atoms with van der Waals surface area (Å²) in [7, 11) is 0. The van der Waals surface area contributed by atoms with Gasteiger partial charge in [0.05, 0.1) is 19.0 Å². The molecule has 0 aromatic heterocycles. The Labute approximate surface area is 116 Å². The molecule has 0 unspecified atom stereocenters. The van der Waals surface area contributed by atoms with Gasteiger partial charge in [0.25, 0.3) is 0 Å². The molecule has 0 bridgehead atoms. The Morgan fingerprint density at radius 3 is 2.68 bits per heavy atom. The van der Waals surface area contributed by atoms with E-state index >= 15 is 0 Å². The molecule has 1 aliphatic heterocycles. The van der Waals surface area contributed by atoms with Gasteiger partial charge in [0.2, 0.25) is 5.91 Å². The van der Waals surface area contributed by atoms with Crippen molar-refractivity contribution in [3.63, 3.8) is 0 Å². The van der Waals surface area contributed by atoms with E-state index in [1.807, 2.05) is 6.07 Å². The van der Waals surface area contributed by atoms with Crippen molar-refractivity contribution in [2.45, 2.75) is 39.2 Å². The van der Waals surface area contributed by atoms with Crippen LogP contribution in [0, 0.1) is 17.2 Å². The second-order valence-electron chi connectivity index (χ2n) is 5.54. The second kappa shape index (κ2) is 8.89. The summed E-state index contributed by atoms with van der Waals surface area (Å²) in [5.41, 5.74) is 0. The number of amides is 1. The molecule has 0 spiro atoms. The first-order valence-corrected chi connectivity index (χ1v) is 7.21. The highest BCUT2D eigenvalue weighted by molar-refractivity contribution is 5.78. The average Bonchev–Trinajstić information content (AvgIpc) is 2.38. The quantitative estimate of drug-likeness (QED) is 0.667. The Morgan fingerprint density at radius 1 is 1.42 bits per heavy atom. The third-order valence-electron chi connectivity index (χ3n) is 3.45. The van der Waals surface area contributed by atoms with E-state index in [-0.39, 0.29) is 5.91 Å². The first-order chi connectivity index (χ1) is 9.11. The Morgan fingerprint density at radius 2 is 2.11 bits per heavy atom. The molecular weight excluding hydrogens is 240 g/mol. The van der Waals surface area contributed by atoms with Crippen molar-refractivity contribution in [1.82, 2.24) is 15.5 Å². The Kier molecular flexibility index (Phi) is 7.46. The molecule has 1 fully saturated rings. The van der Waals surface area contributed by atoms with E-state index in [4.69, 9.17) is 5.26 Å². The van der Waals surface area contributed by atoms with Crippen LogP contribution in [-0.2, 0) is 4.79 Å². The lowest BCUT2D eigenvalue weighted by molar-refractivity contribution is -0.122. The summed E-state index contributed by atoms with van der Waals surface area (Å²) in [4.78, 5) is 13.8. The monoisotopic (exact) mass is 266 g/mol. The van der Waals surface area contributed by atoms with Crippen molar-refractivity contribution in [2.75, 3.05) is 32.7 Å². The molecule has 0 aromatic carbocycles. The van der Waals surface area contributed by atoms with Gasteiger partial charge in [0.1, 0.15) is 0 Å². The molecule has 1 heterocycles. The zero-order valence-corrected chi connectivity index (χ0v) is 12.1. The predicted octanol–water partition coefficient (Wildman–Crippen LogP) is 0.726. The number of hydrogen-bond acceptors (Lipinski definition) is 4. The van der Waals surface area contributed by atoms with Gasteiger partial charge in [-0.2, -0.15) is 5.26 Å². The molecule has 1 amide bonds. The highest BCUT2D eigenvalue weighted by Crippen LogP contribution is 2.16. The molecule has 19 heavy (non-hydrogen) atoms. The minimum Gasteiger partial charge on any atom is -0.354 e. The number of likely N-dealkylation sites (tertiary alicyclic amines) is 1. The van der Waals surface area contributed by atoms with Crippen molar-refractivity contribution in [2.24, 2.45) is 5.92 Å². The SMILES string of the molecule is CC(C)NCC1CCN(CC(=O)NCCC#N)CC1. The Hall–Kier alpha value is -1.12. The van der Waals surface area contributed by atoms with Gasteiger partial charge in [-0.05, 0) is 38.4 Å². The molecule has 0 aliphatic carbocycles. The van der Waals surface area contributed by atoms with Gasteiger partial charge in [0, 0.05) is 12.6 Å². The van der Waals surface area contributed by atoms with Gasteiger partial charge in [-0.3, -0.25) is 9.69 Å². The standard InChI is InChI=1S/C14H26N4O/c1-12(2)17-10-13-4-8-18(9-5-13)11-14(19)16-7-3-6-15/h12-13,17H,3-5,7-11H2,1-2H3,(H,16,19). The molecule has 5 nitrogen and oxygen atoms in total. The van der Waals surface area contributed by atoms with E-state index in [9.17, 15) is 4.79 Å². The minimum atomic E-state index is 0.0361. The van der Waals surface area contributed by atoms with E-state index in [2.05, 4.69) is 29.4 Å². The van der Waals surface area contributed by atoms with E-state index in [0.717, 1.165) is 38.4 Å². The second-order valence-corrected chi connectivity index (χ2v) is 5.54. The van der Waals surface area contributed by atoms with Crippen LogP contribution in [0.2, 0.25) is 0 Å². The van der Waals surface area contributed by atoms with Gasteiger partial charge in [0.15, 0.2) is 0 Å².